The molecule has 0 saturated heterocycles. The van der Waals surface area contributed by atoms with Crippen molar-refractivity contribution >= 4 is 11.6 Å². The third kappa shape index (κ3) is 3.20. The average Bonchev–Trinajstić information content (AvgIpc) is 2.52. The SMILES string of the molecule is Cc1ccc(Oc2ccc(Cl)c(-c3cccnn3)c2)cc1. The molecule has 0 aliphatic heterocycles. The molecule has 3 nitrogen and oxygen atoms in total. The van der Waals surface area contributed by atoms with Crippen LogP contribution in [0.5, 0.6) is 11.5 Å². The molecule has 0 amide bonds. The number of ether oxygens (including phenoxy) is 1. The first-order chi connectivity index (χ1) is 10.2. The Morgan fingerprint density at radius 3 is 2.43 bits per heavy atom. The summed E-state index contributed by atoms with van der Waals surface area (Å²) >= 11 is 6.23. The first-order valence-corrected chi connectivity index (χ1v) is 6.92. The van der Waals surface area contributed by atoms with Gasteiger partial charge in [0.15, 0.2) is 0 Å². The van der Waals surface area contributed by atoms with Crippen LogP contribution in [-0.2, 0) is 0 Å². The van der Waals surface area contributed by atoms with E-state index < -0.39 is 0 Å². The Bertz CT molecular complexity index is 742. The number of nitrogens with zero attached hydrogens (tertiary/aromatic N) is 2. The van der Waals surface area contributed by atoms with Crippen molar-refractivity contribution in [2.24, 2.45) is 0 Å². The van der Waals surface area contributed by atoms with E-state index in [-0.39, 0.29) is 0 Å². The third-order valence-electron chi connectivity index (χ3n) is 3.04. The first kappa shape index (κ1) is 13.6. The lowest BCUT2D eigenvalue weighted by Crippen LogP contribution is -1.89. The summed E-state index contributed by atoms with van der Waals surface area (Å²) in [5.41, 5.74) is 2.71. The molecule has 2 aromatic carbocycles. The van der Waals surface area contributed by atoms with Gasteiger partial charge in [0.25, 0.3) is 0 Å². The van der Waals surface area contributed by atoms with Crippen LogP contribution in [0.15, 0.2) is 60.8 Å². The molecule has 0 aliphatic rings. The van der Waals surface area contributed by atoms with E-state index in [1.54, 1.807) is 12.3 Å². The first-order valence-electron chi connectivity index (χ1n) is 6.54. The van der Waals surface area contributed by atoms with Crippen LogP contribution in [0.25, 0.3) is 11.3 Å². The van der Waals surface area contributed by atoms with Crippen molar-refractivity contribution in [1.82, 2.24) is 10.2 Å². The smallest absolute Gasteiger partial charge is 0.128 e. The van der Waals surface area contributed by atoms with E-state index in [9.17, 15) is 0 Å². The molecule has 104 valence electrons. The van der Waals surface area contributed by atoms with Crippen molar-refractivity contribution in [3.8, 4) is 22.8 Å². The fourth-order valence-electron chi connectivity index (χ4n) is 1.95. The van der Waals surface area contributed by atoms with Gasteiger partial charge in [0.2, 0.25) is 0 Å². The largest absolute Gasteiger partial charge is 0.457 e. The Morgan fingerprint density at radius 2 is 1.71 bits per heavy atom. The monoisotopic (exact) mass is 296 g/mol. The fourth-order valence-corrected chi connectivity index (χ4v) is 2.17. The molecule has 0 bridgehead atoms. The normalized spacial score (nSPS) is 10.4. The quantitative estimate of drug-likeness (QED) is 0.689. The lowest BCUT2D eigenvalue weighted by Gasteiger charge is -2.09. The van der Waals surface area contributed by atoms with Gasteiger partial charge in [-0.25, -0.2) is 0 Å². The van der Waals surface area contributed by atoms with Crippen LogP contribution in [0.2, 0.25) is 5.02 Å². The molecule has 0 saturated carbocycles. The number of hydrogen-bond donors (Lipinski definition) is 0. The van der Waals surface area contributed by atoms with Gasteiger partial charge in [-0.05, 0) is 49.4 Å². The van der Waals surface area contributed by atoms with Gasteiger partial charge in [0.1, 0.15) is 11.5 Å². The highest BCUT2D eigenvalue weighted by Gasteiger charge is 2.07. The van der Waals surface area contributed by atoms with E-state index in [2.05, 4.69) is 10.2 Å². The highest BCUT2D eigenvalue weighted by molar-refractivity contribution is 6.33. The summed E-state index contributed by atoms with van der Waals surface area (Å²) in [7, 11) is 0. The molecule has 21 heavy (non-hydrogen) atoms. The molecule has 0 fully saturated rings. The molecule has 0 radical (unpaired) electrons. The van der Waals surface area contributed by atoms with Crippen molar-refractivity contribution in [3.63, 3.8) is 0 Å². The van der Waals surface area contributed by atoms with Crippen LogP contribution < -0.4 is 4.74 Å². The second kappa shape index (κ2) is 5.94. The maximum absolute atomic E-state index is 6.23. The van der Waals surface area contributed by atoms with Gasteiger partial charge >= 0.3 is 0 Å². The maximum Gasteiger partial charge on any atom is 0.128 e. The Hall–Kier alpha value is -2.39. The van der Waals surface area contributed by atoms with E-state index in [1.165, 1.54) is 5.56 Å². The molecule has 4 heteroatoms. The predicted molar refractivity (Wildman–Crippen MR) is 83.7 cm³/mol. The minimum atomic E-state index is 0.617. The summed E-state index contributed by atoms with van der Waals surface area (Å²) in [6.45, 7) is 2.04. The molecule has 3 rings (SSSR count). The van der Waals surface area contributed by atoms with Crippen molar-refractivity contribution in [2.75, 3.05) is 0 Å². The van der Waals surface area contributed by atoms with E-state index >= 15 is 0 Å². The zero-order valence-electron chi connectivity index (χ0n) is 11.5. The van der Waals surface area contributed by atoms with E-state index in [0.29, 0.717) is 10.8 Å². The summed E-state index contributed by atoms with van der Waals surface area (Å²) in [5.74, 6) is 1.50. The third-order valence-corrected chi connectivity index (χ3v) is 3.37. The van der Waals surface area contributed by atoms with Gasteiger partial charge in [-0.1, -0.05) is 29.3 Å². The predicted octanol–water partition coefficient (Wildman–Crippen LogP) is 4.90. The lowest BCUT2D eigenvalue weighted by molar-refractivity contribution is 0.483. The van der Waals surface area contributed by atoms with Crippen molar-refractivity contribution < 1.29 is 4.74 Å². The molecular formula is C17H13ClN2O. The van der Waals surface area contributed by atoms with Gasteiger partial charge in [-0.15, -0.1) is 0 Å². The molecule has 0 unspecified atom stereocenters. The van der Waals surface area contributed by atoms with Gasteiger partial charge < -0.3 is 4.74 Å². The summed E-state index contributed by atoms with van der Waals surface area (Å²) in [6.07, 6.45) is 1.63. The van der Waals surface area contributed by atoms with Gasteiger partial charge in [0, 0.05) is 11.8 Å². The maximum atomic E-state index is 6.23. The number of rotatable bonds is 3. The molecule has 1 aromatic heterocycles. The Labute approximate surface area is 128 Å². The number of hydrogen-bond acceptors (Lipinski definition) is 3. The zero-order chi connectivity index (χ0) is 14.7. The van der Waals surface area contributed by atoms with E-state index in [0.717, 1.165) is 17.0 Å². The fraction of sp³-hybridized carbons (Fsp3) is 0.0588. The molecule has 0 N–H and O–H groups in total. The van der Waals surface area contributed by atoms with E-state index in [4.69, 9.17) is 16.3 Å². The molecule has 1 heterocycles. The number of aryl methyl sites for hydroxylation is 1. The standard InChI is InChI=1S/C17H13ClN2O/c1-12-4-6-13(7-5-12)21-14-8-9-16(18)15(11-14)17-3-2-10-19-20-17/h2-11H,1H3. The minimum absolute atomic E-state index is 0.617. The second-order valence-electron chi connectivity index (χ2n) is 4.67. The summed E-state index contributed by atoms with van der Waals surface area (Å²) in [5, 5.41) is 8.57. The van der Waals surface area contributed by atoms with Crippen LogP contribution in [0.4, 0.5) is 0 Å². The van der Waals surface area contributed by atoms with Crippen LogP contribution in [0.1, 0.15) is 5.56 Å². The summed E-state index contributed by atoms with van der Waals surface area (Å²) in [4.78, 5) is 0. The van der Waals surface area contributed by atoms with Gasteiger partial charge in [-0.2, -0.15) is 10.2 Å². The van der Waals surface area contributed by atoms with Crippen molar-refractivity contribution in [1.29, 1.82) is 0 Å². The zero-order valence-corrected chi connectivity index (χ0v) is 12.2. The molecule has 3 aromatic rings. The second-order valence-corrected chi connectivity index (χ2v) is 5.07. The van der Waals surface area contributed by atoms with E-state index in [1.807, 2.05) is 55.5 Å². The molecule has 0 atom stereocenters. The number of aromatic nitrogens is 2. The van der Waals surface area contributed by atoms with Gasteiger partial charge in [0.05, 0.1) is 10.7 Å². The highest BCUT2D eigenvalue weighted by atomic mass is 35.5. The summed E-state index contributed by atoms with van der Waals surface area (Å²) in [6, 6.07) is 17.1. The van der Waals surface area contributed by atoms with Crippen LogP contribution in [0.3, 0.4) is 0 Å². The molecule has 0 spiro atoms. The van der Waals surface area contributed by atoms with Crippen LogP contribution >= 0.6 is 11.6 Å². The summed E-state index contributed by atoms with van der Waals surface area (Å²) < 4.78 is 5.84. The Balaban J connectivity index is 1.92. The Morgan fingerprint density at radius 1 is 0.952 bits per heavy atom. The topological polar surface area (TPSA) is 35.0 Å². The number of benzene rings is 2. The van der Waals surface area contributed by atoms with Crippen molar-refractivity contribution in [2.45, 2.75) is 6.92 Å². The average molecular weight is 297 g/mol. The molecule has 0 aliphatic carbocycles. The number of halogens is 1. The minimum Gasteiger partial charge on any atom is -0.457 e. The molecular weight excluding hydrogens is 284 g/mol. The van der Waals surface area contributed by atoms with Crippen LogP contribution in [0, 0.1) is 6.92 Å². The van der Waals surface area contributed by atoms with Crippen LogP contribution in [-0.4, -0.2) is 10.2 Å². The Kier molecular flexibility index (Phi) is 3.84. The van der Waals surface area contributed by atoms with Crippen molar-refractivity contribution in [3.05, 3.63) is 71.4 Å². The highest BCUT2D eigenvalue weighted by Crippen LogP contribution is 2.32. The lowest BCUT2D eigenvalue weighted by atomic mass is 10.1. The van der Waals surface area contributed by atoms with Gasteiger partial charge in [-0.3, -0.25) is 0 Å².